The second-order valence-corrected chi connectivity index (χ2v) is 4.69. The van der Waals surface area contributed by atoms with Crippen LogP contribution in [0.2, 0.25) is 5.15 Å². The zero-order valence-corrected chi connectivity index (χ0v) is 12.1. The lowest BCUT2D eigenvalue weighted by atomic mass is 10.2. The molecular formula is C14H14ClFN4O. The fourth-order valence-electron chi connectivity index (χ4n) is 1.61. The highest BCUT2D eigenvalue weighted by Crippen LogP contribution is 2.16. The van der Waals surface area contributed by atoms with Gasteiger partial charge < -0.3 is 10.6 Å². The highest BCUT2D eigenvalue weighted by Gasteiger charge is 2.10. The smallest absolute Gasteiger partial charge is 0.257 e. The second-order valence-electron chi connectivity index (χ2n) is 4.31. The molecule has 2 heterocycles. The molecule has 0 bridgehead atoms. The van der Waals surface area contributed by atoms with Gasteiger partial charge in [0.05, 0.1) is 6.20 Å². The molecule has 21 heavy (non-hydrogen) atoms. The number of carbonyl (C=O) groups is 1. The molecule has 0 aliphatic heterocycles. The molecule has 2 rings (SSSR count). The molecule has 2 aromatic heterocycles. The van der Waals surface area contributed by atoms with Crippen LogP contribution in [0.4, 0.5) is 16.0 Å². The summed E-state index contributed by atoms with van der Waals surface area (Å²) in [4.78, 5) is 20.0. The molecule has 0 fully saturated rings. The van der Waals surface area contributed by atoms with Crippen molar-refractivity contribution in [2.45, 2.75) is 13.3 Å². The van der Waals surface area contributed by atoms with Gasteiger partial charge in [0.1, 0.15) is 22.6 Å². The molecule has 0 aromatic carbocycles. The van der Waals surface area contributed by atoms with Crippen LogP contribution in [0, 0.1) is 5.82 Å². The van der Waals surface area contributed by atoms with Gasteiger partial charge in [0.15, 0.2) is 0 Å². The fraction of sp³-hybridized carbons (Fsp3) is 0.214. The van der Waals surface area contributed by atoms with E-state index in [0.29, 0.717) is 11.4 Å². The normalized spacial score (nSPS) is 10.2. The minimum Gasteiger partial charge on any atom is -0.370 e. The summed E-state index contributed by atoms with van der Waals surface area (Å²) in [6.45, 7) is 2.75. The summed E-state index contributed by atoms with van der Waals surface area (Å²) in [6.07, 6.45) is 1.96. The van der Waals surface area contributed by atoms with E-state index in [1.165, 1.54) is 18.2 Å². The number of rotatable bonds is 5. The lowest BCUT2D eigenvalue weighted by molar-refractivity contribution is 0.102. The van der Waals surface area contributed by atoms with Crippen molar-refractivity contribution in [2.75, 3.05) is 17.2 Å². The quantitative estimate of drug-likeness (QED) is 0.831. The number of halogens is 2. The van der Waals surface area contributed by atoms with E-state index in [-0.39, 0.29) is 11.0 Å². The highest BCUT2D eigenvalue weighted by molar-refractivity contribution is 6.30. The molecule has 0 unspecified atom stereocenters. The van der Waals surface area contributed by atoms with Gasteiger partial charge >= 0.3 is 0 Å². The van der Waals surface area contributed by atoms with E-state index in [0.717, 1.165) is 19.2 Å². The molecule has 0 radical (unpaired) electrons. The van der Waals surface area contributed by atoms with Crippen LogP contribution >= 0.6 is 11.6 Å². The van der Waals surface area contributed by atoms with E-state index < -0.39 is 11.7 Å². The van der Waals surface area contributed by atoms with Gasteiger partial charge in [0, 0.05) is 12.1 Å². The molecule has 0 aliphatic carbocycles. The molecule has 7 heteroatoms. The molecule has 0 spiro atoms. The van der Waals surface area contributed by atoms with Gasteiger partial charge in [-0.05, 0) is 30.7 Å². The number of aromatic nitrogens is 2. The third kappa shape index (κ3) is 4.39. The average Bonchev–Trinajstić information content (AvgIpc) is 2.47. The Balaban J connectivity index is 2.14. The summed E-state index contributed by atoms with van der Waals surface area (Å²) >= 11 is 5.90. The van der Waals surface area contributed by atoms with Crippen LogP contribution in [0.25, 0.3) is 0 Å². The maximum Gasteiger partial charge on any atom is 0.257 e. The summed E-state index contributed by atoms with van der Waals surface area (Å²) in [5.41, 5.74) is 0.347. The van der Waals surface area contributed by atoms with Crippen LogP contribution in [0.15, 0.2) is 30.5 Å². The summed E-state index contributed by atoms with van der Waals surface area (Å²) in [7, 11) is 0. The molecule has 110 valence electrons. The van der Waals surface area contributed by atoms with Crippen LogP contribution in [0.5, 0.6) is 0 Å². The predicted molar refractivity (Wildman–Crippen MR) is 80.2 cm³/mol. The average molecular weight is 309 g/mol. The van der Waals surface area contributed by atoms with Gasteiger partial charge in [-0.1, -0.05) is 18.5 Å². The monoisotopic (exact) mass is 308 g/mol. The molecule has 0 saturated carbocycles. The molecule has 0 saturated heterocycles. The summed E-state index contributed by atoms with van der Waals surface area (Å²) < 4.78 is 12.8. The molecular weight excluding hydrogens is 295 g/mol. The Morgan fingerprint density at radius 1 is 1.33 bits per heavy atom. The minimum absolute atomic E-state index is 0.216. The standard InChI is InChI=1S/C14H14ClFN4O/c1-2-5-17-13-7-9(6-11(15)19-13)14(21)20-12-4-3-10(16)8-18-12/h3-4,6-8H,2,5H2,1H3,(H,17,19)(H,18,20,21). The van der Waals surface area contributed by atoms with Crippen molar-refractivity contribution in [1.82, 2.24) is 9.97 Å². The summed E-state index contributed by atoms with van der Waals surface area (Å²) in [5, 5.41) is 5.84. The first kappa shape index (κ1) is 15.2. The number of hydrogen-bond donors (Lipinski definition) is 2. The molecule has 0 atom stereocenters. The van der Waals surface area contributed by atoms with Gasteiger partial charge in [0.25, 0.3) is 5.91 Å². The van der Waals surface area contributed by atoms with E-state index >= 15 is 0 Å². The van der Waals surface area contributed by atoms with Crippen molar-refractivity contribution in [1.29, 1.82) is 0 Å². The Bertz CT molecular complexity index is 633. The van der Waals surface area contributed by atoms with E-state index in [1.54, 1.807) is 6.07 Å². The molecule has 5 nitrogen and oxygen atoms in total. The van der Waals surface area contributed by atoms with Gasteiger partial charge in [-0.15, -0.1) is 0 Å². The van der Waals surface area contributed by atoms with Crippen LogP contribution in [-0.2, 0) is 0 Å². The van der Waals surface area contributed by atoms with Crippen molar-refractivity contribution < 1.29 is 9.18 Å². The van der Waals surface area contributed by atoms with Crippen LogP contribution in [-0.4, -0.2) is 22.4 Å². The van der Waals surface area contributed by atoms with Gasteiger partial charge in [-0.25, -0.2) is 14.4 Å². The van der Waals surface area contributed by atoms with Gasteiger partial charge in [-0.3, -0.25) is 4.79 Å². The number of nitrogens with zero attached hydrogens (tertiary/aromatic N) is 2. The van der Waals surface area contributed by atoms with Crippen molar-refractivity contribution in [3.8, 4) is 0 Å². The number of carbonyl (C=O) groups excluding carboxylic acids is 1. The SMILES string of the molecule is CCCNc1cc(C(=O)Nc2ccc(F)cn2)cc(Cl)n1. The number of anilines is 2. The van der Waals surface area contributed by atoms with E-state index in [2.05, 4.69) is 20.6 Å². The predicted octanol–water partition coefficient (Wildman–Crippen LogP) is 3.34. The third-order valence-corrected chi connectivity index (χ3v) is 2.78. The summed E-state index contributed by atoms with van der Waals surface area (Å²) in [5.74, 6) is -0.0667. The third-order valence-electron chi connectivity index (χ3n) is 2.58. The largest absolute Gasteiger partial charge is 0.370 e. The van der Waals surface area contributed by atoms with Crippen molar-refractivity contribution in [3.05, 3.63) is 47.0 Å². The van der Waals surface area contributed by atoms with Crippen molar-refractivity contribution >= 4 is 29.1 Å². The number of amides is 1. The maximum absolute atomic E-state index is 12.8. The number of nitrogens with one attached hydrogen (secondary N) is 2. The zero-order chi connectivity index (χ0) is 15.2. The van der Waals surface area contributed by atoms with Crippen LogP contribution in [0.3, 0.4) is 0 Å². The molecule has 2 N–H and O–H groups in total. The first-order valence-electron chi connectivity index (χ1n) is 6.43. The Hall–Kier alpha value is -2.21. The Labute approximate surface area is 126 Å². The maximum atomic E-state index is 12.8. The van der Waals surface area contributed by atoms with E-state index in [1.807, 2.05) is 6.92 Å². The highest BCUT2D eigenvalue weighted by atomic mass is 35.5. The van der Waals surface area contributed by atoms with Crippen LogP contribution in [0.1, 0.15) is 23.7 Å². The molecule has 1 amide bonds. The second kappa shape index (κ2) is 6.99. The van der Waals surface area contributed by atoms with Gasteiger partial charge in [-0.2, -0.15) is 0 Å². The van der Waals surface area contributed by atoms with Gasteiger partial charge in [0.2, 0.25) is 0 Å². The Morgan fingerprint density at radius 2 is 2.14 bits per heavy atom. The van der Waals surface area contributed by atoms with Crippen LogP contribution < -0.4 is 10.6 Å². The zero-order valence-electron chi connectivity index (χ0n) is 11.4. The van der Waals surface area contributed by atoms with E-state index in [4.69, 9.17) is 11.6 Å². The molecule has 0 aliphatic rings. The number of pyridine rings is 2. The Morgan fingerprint density at radius 3 is 2.81 bits per heavy atom. The Kier molecular flexibility index (Phi) is 5.05. The first-order chi connectivity index (χ1) is 10.1. The first-order valence-corrected chi connectivity index (χ1v) is 6.80. The molecule has 2 aromatic rings. The van der Waals surface area contributed by atoms with Crippen molar-refractivity contribution in [3.63, 3.8) is 0 Å². The lowest BCUT2D eigenvalue weighted by Crippen LogP contribution is -2.14. The summed E-state index contributed by atoms with van der Waals surface area (Å²) in [6, 6.07) is 5.65. The fourth-order valence-corrected chi connectivity index (χ4v) is 1.82. The number of hydrogen-bond acceptors (Lipinski definition) is 4. The topological polar surface area (TPSA) is 66.9 Å². The van der Waals surface area contributed by atoms with E-state index in [9.17, 15) is 9.18 Å². The minimum atomic E-state index is -0.467. The lowest BCUT2D eigenvalue weighted by Gasteiger charge is -2.08. The van der Waals surface area contributed by atoms with Crippen molar-refractivity contribution in [2.24, 2.45) is 0 Å².